The fourth-order valence-electron chi connectivity index (χ4n) is 3.33. The van der Waals surface area contributed by atoms with Gasteiger partial charge in [-0.1, -0.05) is 30.3 Å². The molecule has 0 aromatic heterocycles. The molecule has 1 heterocycles. The molecule has 0 spiro atoms. The molecular weight excluding hydrogens is 290 g/mol. The van der Waals surface area contributed by atoms with Crippen LogP contribution in [0.25, 0.3) is 0 Å². The van der Waals surface area contributed by atoms with Gasteiger partial charge in [-0.2, -0.15) is 0 Å². The molecule has 2 aromatic carbocycles. The van der Waals surface area contributed by atoms with Crippen LogP contribution in [0.5, 0.6) is 11.5 Å². The number of likely N-dealkylation sites (N-methyl/N-ethyl adjacent to an activating group) is 1. The van der Waals surface area contributed by atoms with Crippen LogP contribution in [-0.4, -0.2) is 39.7 Å². The predicted molar refractivity (Wildman–Crippen MR) is 90.1 cm³/mol. The van der Waals surface area contributed by atoms with Crippen molar-refractivity contribution >= 4 is 0 Å². The number of methoxy groups -OCH3 is 3. The number of nitrogens with zero attached hydrogens (tertiary/aromatic N) is 1. The highest BCUT2D eigenvalue weighted by molar-refractivity contribution is 5.53. The number of benzene rings is 2. The Bertz CT molecular complexity index is 780. The first-order valence-electron chi connectivity index (χ1n) is 9.04. The summed E-state index contributed by atoms with van der Waals surface area (Å²) in [5, 5.41) is 0. The van der Waals surface area contributed by atoms with Gasteiger partial charge in [-0.05, 0) is 31.2 Å². The number of rotatable bonds is 4. The van der Waals surface area contributed by atoms with E-state index in [1.165, 1.54) is 0 Å². The lowest BCUT2D eigenvalue weighted by Gasteiger charge is -2.45. The van der Waals surface area contributed by atoms with Crippen molar-refractivity contribution in [2.45, 2.75) is 12.1 Å². The molecule has 0 N–H and O–H groups in total. The zero-order chi connectivity index (χ0) is 18.9. The summed E-state index contributed by atoms with van der Waals surface area (Å²) in [6.45, 7) is 0.646. The largest absolute Gasteiger partial charge is 0.493 e. The minimum atomic E-state index is -2.58. The molecule has 0 bridgehead atoms. The smallest absolute Gasteiger partial charge is 0.173 e. The Labute approximate surface area is 141 Å². The summed E-state index contributed by atoms with van der Waals surface area (Å²) in [5.41, 5.74) is 1.26. The molecule has 0 aliphatic carbocycles. The molecule has 1 aliphatic rings. The first-order chi connectivity index (χ1) is 12.3. The van der Waals surface area contributed by atoms with E-state index in [9.17, 15) is 0 Å². The summed E-state index contributed by atoms with van der Waals surface area (Å²) in [6, 6.07) is 13.1. The zero-order valence-electron chi connectivity index (χ0n) is 16.6. The van der Waals surface area contributed by atoms with E-state index in [1.54, 1.807) is 14.2 Å². The van der Waals surface area contributed by atoms with Crippen LogP contribution in [-0.2, 0) is 16.9 Å². The Hall–Kier alpha value is -2.04. The summed E-state index contributed by atoms with van der Waals surface area (Å²) < 4.78 is 40.0. The van der Waals surface area contributed by atoms with Gasteiger partial charge in [-0.15, -0.1) is 0 Å². The average molecular weight is 316 g/mol. The Morgan fingerprint density at radius 2 is 1.78 bits per heavy atom. The zero-order valence-corrected chi connectivity index (χ0v) is 13.6. The van der Waals surface area contributed by atoms with Gasteiger partial charge >= 0.3 is 0 Å². The van der Waals surface area contributed by atoms with Gasteiger partial charge in [0.25, 0.3) is 0 Å². The van der Waals surface area contributed by atoms with Crippen molar-refractivity contribution in [1.29, 1.82) is 0 Å². The predicted octanol–water partition coefficient (Wildman–Crippen LogP) is 3.04. The van der Waals surface area contributed by atoms with E-state index < -0.39 is 12.8 Å². The Morgan fingerprint density at radius 3 is 2.43 bits per heavy atom. The van der Waals surface area contributed by atoms with Crippen molar-refractivity contribution in [1.82, 2.24) is 4.90 Å². The highest BCUT2D eigenvalue weighted by Crippen LogP contribution is 2.44. The van der Waals surface area contributed by atoms with E-state index in [4.69, 9.17) is 18.3 Å². The van der Waals surface area contributed by atoms with Gasteiger partial charge in [0.15, 0.2) is 17.2 Å². The summed E-state index contributed by atoms with van der Waals surface area (Å²) in [4.78, 5) is 1.93. The van der Waals surface area contributed by atoms with Crippen LogP contribution in [0.2, 0.25) is 0 Å². The van der Waals surface area contributed by atoms with Crippen molar-refractivity contribution in [2.75, 3.05) is 34.8 Å². The van der Waals surface area contributed by atoms with Crippen molar-refractivity contribution in [3.05, 3.63) is 59.2 Å². The minimum Gasteiger partial charge on any atom is -0.493 e. The maximum absolute atomic E-state index is 7.78. The lowest BCUT2D eigenvalue weighted by atomic mass is 9.84. The maximum Gasteiger partial charge on any atom is 0.173 e. The summed E-state index contributed by atoms with van der Waals surface area (Å²) in [7, 11) is 2.44. The number of ether oxygens (including phenoxy) is 3. The molecule has 0 radical (unpaired) electrons. The Morgan fingerprint density at radius 1 is 1.09 bits per heavy atom. The fourth-order valence-corrected chi connectivity index (χ4v) is 3.33. The monoisotopic (exact) mass is 316 g/mol. The lowest BCUT2D eigenvalue weighted by Crippen LogP contribution is -2.50. The third kappa shape index (κ3) is 2.38. The highest BCUT2D eigenvalue weighted by Gasteiger charge is 2.43. The van der Waals surface area contributed by atoms with Crippen LogP contribution in [0.4, 0.5) is 0 Å². The van der Waals surface area contributed by atoms with Crippen molar-refractivity contribution in [3.63, 3.8) is 0 Å². The third-order valence-corrected chi connectivity index (χ3v) is 4.54. The summed E-state index contributed by atoms with van der Waals surface area (Å²) >= 11 is 0. The molecule has 1 unspecified atom stereocenters. The van der Waals surface area contributed by atoms with Gasteiger partial charge in [-0.25, -0.2) is 0 Å². The second-order valence-corrected chi connectivity index (χ2v) is 5.65. The van der Waals surface area contributed by atoms with Crippen molar-refractivity contribution in [2.24, 2.45) is 0 Å². The molecule has 4 heteroatoms. The van der Waals surface area contributed by atoms with E-state index in [-0.39, 0.29) is 0 Å². The maximum atomic E-state index is 7.78. The molecule has 1 atom stereocenters. The van der Waals surface area contributed by atoms with Gasteiger partial charge in [-0.3, -0.25) is 4.90 Å². The third-order valence-electron chi connectivity index (χ3n) is 4.54. The SMILES string of the molecule is [2H]C([2H])([2H])OC1(c2ccccc2)c2cc(OC)c(OC)cc2CCN1C. The topological polar surface area (TPSA) is 30.9 Å². The molecule has 0 fully saturated rings. The van der Waals surface area contributed by atoms with Crippen LogP contribution in [0.3, 0.4) is 0 Å². The van der Waals surface area contributed by atoms with Gasteiger partial charge in [0.05, 0.1) is 18.3 Å². The molecule has 3 rings (SSSR count). The van der Waals surface area contributed by atoms with E-state index in [0.717, 1.165) is 23.1 Å². The quantitative estimate of drug-likeness (QED) is 0.867. The van der Waals surface area contributed by atoms with Crippen LogP contribution >= 0.6 is 0 Å². The van der Waals surface area contributed by atoms with E-state index in [2.05, 4.69) is 0 Å². The molecule has 0 saturated heterocycles. The molecular formula is C19H23NO3. The minimum absolute atomic E-state index is 0.538. The molecule has 122 valence electrons. The molecule has 0 amide bonds. The second-order valence-electron chi connectivity index (χ2n) is 5.65. The standard InChI is InChI=1S/C19H23NO3/c1-20-11-10-14-12-17(21-2)18(22-3)13-16(14)19(20,23-4)15-8-6-5-7-9-15/h5-9,12-13H,10-11H2,1-4H3/i4D3. The normalized spacial score (nSPS) is 23.3. The van der Waals surface area contributed by atoms with Gasteiger partial charge in [0, 0.05) is 24.7 Å². The molecule has 4 nitrogen and oxygen atoms in total. The lowest BCUT2D eigenvalue weighted by molar-refractivity contribution is -0.106. The molecule has 2 aromatic rings. The number of hydrogen-bond donors (Lipinski definition) is 0. The summed E-state index contributed by atoms with van der Waals surface area (Å²) in [6.07, 6.45) is 0.755. The van der Waals surface area contributed by atoms with Crippen LogP contribution < -0.4 is 9.47 Å². The highest BCUT2D eigenvalue weighted by atomic mass is 16.5. The first-order valence-corrected chi connectivity index (χ1v) is 7.54. The van der Waals surface area contributed by atoms with Gasteiger partial charge in [0.1, 0.15) is 0 Å². The fraction of sp³-hybridized carbons (Fsp3) is 0.368. The first kappa shape index (κ1) is 12.4. The second kappa shape index (κ2) is 6.22. The van der Waals surface area contributed by atoms with Crippen molar-refractivity contribution in [3.8, 4) is 11.5 Å². The van der Waals surface area contributed by atoms with Crippen LogP contribution in [0.15, 0.2) is 42.5 Å². The van der Waals surface area contributed by atoms with Crippen LogP contribution in [0.1, 0.15) is 20.8 Å². The van der Waals surface area contributed by atoms with E-state index in [0.29, 0.717) is 18.0 Å². The number of fused-ring (bicyclic) bond motifs is 1. The molecule has 0 saturated carbocycles. The van der Waals surface area contributed by atoms with Gasteiger partial charge < -0.3 is 14.2 Å². The van der Waals surface area contributed by atoms with Crippen molar-refractivity contribution < 1.29 is 18.3 Å². The molecule has 1 aliphatic heterocycles. The van der Waals surface area contributed by atoms with Gasteiger partial charge in [0.2, 0.25) is 0 Å². The molecule has 23 heavy (non-hydrogen) atoms. The van der Waals surface area contributed by atoms with E-state index in [1.807, 2.05) is 54.4 Å². The Balaban J connectivity index is 2.31. The van der Waals surface area contributed by atoms with Crippen LogP contribution in [0, 0.1) is 0 Å². The van der Waals surface area contributed by atoms with E-state index >= 15 is 0 Å². The summed E-state index contributed by atoms with van der Waals surface area (Å²) in [5.74, 6) is 1.16. The number of hydrogen-bond acceptors (Lipinski definition) is 4. The average Bonchev–Trinajstić information content (AvgIpc) is 2.62. The Kier molecular flexibility index (Phi) is 3.35.